The third kappa shape index (κ3) is 4.28. The molecule has 0 heterocycles. The summed E-state index contributed by atoms with van der Waals surface area (Å²) in [7, 11) is 0. The lowest BCUT2D eigenvalue weighted by Gasteiger charge is -2.27. The molecule has 0 bridgehead atoms. The van der Waals surface area contributed by atoms with Crippen LogP contribution in [0.2, 0.25) is 0 Å². The third-order valence-electron chi connectivity index (χ3n) is 5.09. The number of hydrogen-bond donors (Lipinski definition) is 0. The van der Waals surface area contributed by atoms with Crippen LogP contribution in [0.1, 0.15) is 44.1 Å². The SMILES string of the molecule is C/C=C/C1CCC(c2ccc(-c3ccc(OCF)cc3)c(F)c2)CC1. The van der Waals surface area contributed by atoms with E-state index in [-0.39, 0.29) is 5.82 Å². The fourth-order valence-electron chi connectivity index (χ4n) is 3.73. The van der Waals surface area contributed by atoms with E-state index in [9.17, 15) is 8.78 Å². The topological polar surface area (TPSA) is 9.23 Å². The predicted molar refractivity (Wildman–Crippen MR) is 98.0 cm³/mol. The van der Waals surface area contributed by atoms with Crippen LogP contribution in [-0.4, -0.2) is 6.86 Å². The molecule has 2 aromatic carbocycles. The molecule has 0 aromatic heterocycles. The van der Waals surface area contributed by atoms with Crippen molar-refractivity contribution in [2.75, 3.05) is 6.86 Å². The van der Waals surface area contributed by atoms with Gasteiger partial charge in [0.1, 0.15) is 11.6 Å². The number of alkyl halides is 1. The number of allylic oxidation sites excluding steroid dienone is 2. The zero-order chi connectivity index (χ0) is 17.6. The molecule has 0 radical (unpaired) electrons. The molecule has 0 saturated heterocycles. The van der Waals surface area contributed by atoms with Crippen LogP contribution in [0.25, 0.3) is 11.1 Å². The zero-order valence-corrected chi connectivity index (χ0v) is 14.6. The second kappa shape index (κ2) is 8.28. The summed E-state index contributed by atoms with van der Waals surface area (Å²) in [5, 5.41) is 0. The lowest BCUT2D eigenvalue weighted by Crippen LogP contribution is -2.12. The first-order valence-corrected chi connectivity index (χ1v) is 8.92. The monoisotopic (exact) mass is 342 g/mol. The van der Waals surface area contributed by atoms with Gasteiger partial charge in [-0.1, -0.05) is 36.4 Å². The summed E-state index contributed by atoms with van der Waals surface area (Å²) in [6.45, 7) is 1.20. The van der Waals surface area contributed by atoms with Gasteiger partial charge in [0, 0.05) is 5.56 Å². The van der Waals surface area contributed by atoms with Crippen molar-refractivity contribution in [3.05, 3.63) is 66.0 Å². The molecule has 0 amide bonds. The molecule has 132 valence electrons. The lowest BCUT2D eigenvalue weighted by atomic mass is 9.78. The molecule has 1 saturated carbocycles. The van der Waals surface area contributed by atoms with E-state index in [1.165, 1.54) is 12.8 Å². The van der Waals surface area contributed by atoms with Crippen LogP contribution in [-0.2, 0) is 0 Å². The number of ether oxygens (including phenoxy) is 1. The van der Waals surface area contributed by atoms with Crippen LogP contribution in [0, 0.1) is 11.7 Å². The molecule has 1 aliphatic rings. The average Bonchev–Trinajstić information content (AvgIpc) is 2.64. The van der Waals surface area contributed by atoms with Gasteiger partial charge in [0.2, 0.25) is 6.86 Å². The maximum atomic E-state index is 14.6. The molecule has 25 heavy (non-hydrogen) atoms. The Balaban J connectivity index is 1.73. The summed E-state index contributed by atoms with van der Waals surface area (Å²) in [5.41, 5.74) is 2.43. The van der Waals surface area contributed by atoms with Crippen molar-refractivity contribution < 1.29 is 13.5 Å². The van der Waals surface area contributed by atoms with Gasteiger partial charge in [-0.3, -0.25) is 0 Å². The van der Waals surface area contributed by atoms with Gasteiger partial charge < -0.3 is 4.74 Å². The van der Waals surface area contributed by atoms with Gasteiger partial charge in [0.15, 0.2) is 0 Å². The van der Waals surface area contributed by atoms with Crippen molar-refractivity contribution in [2.45, 2.75) is 38.5 Å². The molecule has 3 heteroatoms. The van der Waals surface area contributed by atoms with Crippen molar-refractivity contribution >= 4 is 0 Å². The first kappa shape index (κ1) is 17.7. The van der Waals surface area contributed by atoms with Gasteiger partial charge in [0.05, 0.1) is 0 Å². The lowest BCUT2D eigenvalue weighted by molar-refractivity contribution is 0.192. The molecule has 0 unspecified atom stereocenters. The minimum Gasteiger partial charge on any atom is -0.463 e. The largest absolute Gasteiger partial charge is 0.463 e. The number of rotatable bonds is 5. The summed E-state index contributed by atoms with van der Waals surface area (Å²) in [5.74, 6) is 1.37. The van der Waals surface area contributed by atoms with E-state index in [0.717, 1.165) is 24.0 Å². The quantitative estimate of drug-likeness (QED) is 0.553. The van der Waals surface area contributed by atoms with Crippen LogP contribution in [0.15, 0.2) is 54.6 Å². The Hall–Kier alpha value is -2.16. The first-order valence-electron chi connectivity index (χ1n) is 8.92. The molecular weight excluding hydrogens is 318 g/mol. The highest BCUT2D eigenvalue weighted by Gasteiger charge is 2.21. The second-order valence-electron chi connectivity index (χ2n) is 6.65. The number of benzene rings is 2. The van der Waals surface area contributed by atoms with Gasteiger partial charge in [0.25, 0.3) is 0 Å². The first-order chi connectivity index (χ1) is 12.2. The molecule has 0 spiro atoms. The molecule has 2 aromatic rings. The molecule has 0 N–H and O–H groups in total. The van der Waals surface area contributed by atoms with Gasteiger partial charge in [-0.25, -0.2) is 8.78 Å². The minimum atomic E-state index is -0.862. The van der Waals surface area contributed by atoms with Crippen molar-refractivity contribution in [3.63, 3.8) is 0 Å². The standard InChI is InChI=1S/C22H24F2O/c1-2-3-16-4-6-17(7-5-16)19-10-13-21(22(24)14-19)18-8-11-20(12-9-18)25-15-23/h2-3,8-14,16-17H,4-7,15H2,1H3/b3-2+. The van der Waals surface area contributed by atoms with E-state index < -0.39 is 6.86 Å². The van der Waals surface area contributed by atoms with Crippen LogP contribution in [0.4, 0.5) is 8.78 Å². The Morgan fingerprint density at radius 2 is 1.76 bits per heavy atom. The van der Waals surface area contributed by atoms with E-state index in [0.29, 0.717) is 23.1 Å². The molecule has 1 nitrogen and oxygen atoms in total. The highest BCUT2D eigenvalue weighted by Crippen LogP contribution is 2.37. The van der Waals surface area contributed by atoms with Crippen molar-refractivity contribution in [1.82, 2.24) is 0 Å². The van der Waals surface area contributed by atoms with Gasteiger partial charge >= 0.3 is 0 Å². The number of halogens is 2. The average molecular weight is 342 g/mol. The second-order valence-corrected chi connectivity index (χ2v) is 6.65. The third-order valence-corrected chi connectivity index (χ3v) is 5.09. The van der Waals surface area contributed by atoms with Crippen LogP contribution < -0.4 is 4.74 Å². The Labute approximate surface area is 148 Å². The maximum absolute atomic E-state index is 14.6. The fraction of sp³-hybridized carbons (Fsp3) is 0.364. The summed E-state index contributed by atoms with van der Waals surface area (Å²) in [6.07, 6.45) is 8.99. The van der Waals surface area contributed by atoms with Gasteiger partial charge in [-0.15, -0.1) is 0 Å². The molecule has 0 aliphatic heterocycles. The van der Waals surface area contributed by atoms with E-state index in [2.05, 4.69) is 19.1 Å². The smallest absolute Gasteiger partial charge is 0.228 e. The predicted octanol–water partition coefficient (Wildman–Crippen LogP) is 6.65. The molecule has 0 atom stereocenters. The minimum absolute atomic E-state index is 0.202. The Morgan fingerprint density at radius 3 is 2.36 bits per heavy atom. The molecule has 1 aliphatic carbocycles. The van der Waals surface area contributed by atoms with Crippen LogP contribution in [0.5, 0.6) is 5.75 Å². The Bertz CT molecular complexity index is 713. The Kier molecular flexibility index (Phi) is 5.85. The van der Waals surface area contributed by atoms with Crippen LogP contribution >= 0.6 is 0 Å². The van der Waals surface area contributed by atoms with Crippen molar-refractivity contribution in [1.29, 1.82) is 0 Å². The molecule has 1 fully saturated rings. The van der Waals surface area contributed by atoms with E-state index in [1.807, 2.05) is 12.1 Å². The van der Waals surface area contributed by atoms with Gasteiger partial charge in [-0.05, 0) is 73.8 Å². The maximum Gasteiger partial charge on any atom is 0.228 e. The highest BCUT2D eigenvalue weighted by atomic mass is 19.1. The Morgan fingerprint density at radius 1 is 1.04 bits per heavy atom. The summed E-state index contributed by atoms with van der Waals surface area (Å²) in [4.78, 5) is 0. The summed E-state index contributed by atoms with van der Waals surface area (Å²) in [6, 6.07) is 12.4. The van der Waals surface area contributed by atoms with Crippen LogP contribution in [0.3, 0.4) is 0 Å². The molecular formula is C22H24F2O. The van der Waals surface area contributed by atoms with Crippen molar-refractivity contribution in [3.8, 4) is 16.9 Å². The van der Waals surface area contributed by atoms with Crippen molar-refractivity contribution in [2.24, 2.45) is 5.92 Å². The summed E-state index contributed by atoms with van der Waals surface area (Å²) < 4.78 is 31.6. The normalized spacial score (nSPS) is 20.8. The number of hydrogen-bond acceptors (Lipinski definition) is 1. The van der Waals surface area contributed by atoms with E-state index >= 15 is 0 Å². The fourth-order valence-corrected chi connectivity index (χ4v) is 3.73. The molecule has 3 rings (SSSR count). The summed E-state index contributed by atoms with van der Waals surface area (Å²) >= 11 is 0. The zero-order valence-electron chi connectivity index (χ0n) is 14.6. The van der Waals surface area contributed by atoms with E-state index in [4.69, 9.17) is 4.74 Å². The highest BCUT2D eigenvalue weighted by molar-refractivity contribution is 5.65. The van der Waals surface area contributed by atoms with E-state index in [1.54, 1.807) is 30.3 Å². The van der Waals surface area contributed by atoms with Gasteiger partial charge in [-0.2, -0.15) is 0 Å².